The summed E-state index contributed by atoms with van der Waals surface area (Å²) in [6.45, 7) is 1.36. The number of carbonyl (C=O) groups excluding carboxylic acids is 1. The molecule has 0 fully saturated rings. The summed E-state index contributed by atoms with van der Waals surface area (Å²) in [5.41, 5.74) is -1.37. The Balaban J connectivity index is 3.06. The minimum absolute atomic E-state index is 0.00860. The van der Waals surface area contributed by atoms with Gasteiger partial charge >= 0.3 is 12.0 Å². The number of benzene rings is 1. The van der Waals surface area contributed by atoms with E-state index in [0.29, 0.717) is 0 Å². The highest BCUT2D eigenvalue weighted by molar-refractivity contribution is 5.87. The number of hydrogen-bond acceptors (Lipinski definition) is 3. The molecule has 0 heterocycles. The van der Waals surface area contributed by atoms with Crippen LogP contribution in [0.3, 0.4) is 0 Å². The van der Waals surface area contributed by atoms with Crippen molar-refractivity contribution in [2.24, 2.45) is 0 Å². The van der Waals surface area contributed by atoms with Crippen LogP contribution in [-0.4, -0.2) is 35.4 Å². The van der Waals surface area contributed by atoms with Gasteiger partial charge in [-0.05, 0) is 24.1 Å². The molecule has 7 heteroatoms. The minimum atomic E-state index is -1.65. The van der Waals surface area contributed by atoms with E-state index in [1.165, 1.54) is 12.1 Å². The summed E-state index contributed by atoms with van der Waals surface area (Å²) in [5.74, 6) is -1.74. The molecule has 6 nitrogen and oxygen atoms in total. The van der Waals surface area contributed by atoms with E-state index in [4.69, 9.17) is 5.11 Å². The Hall–Kier alpha value is -2.15. The molecule has 0 aromatic heterocycles. The van der Waals surface area contributed by atoms with Gasteiger partial charge < -0.3 is 20.8 Å². The van der Waals surface area contributed by atoms with Gasteiger partial charge in [0.2, 0.25) is 0 Å². The molecular formula is C13H17FN2O4. The molecule has 0 aliphatic rings. The normalized spacial score (nSPS) is 13.3. The number of halogens is 1. The van der Waals surface area contributed by atoms with Gasteiger partial charge in [-0.1, -0.05) is 19.1 Å². The average Bonchev–Trinajstić information content (AvgIpc) is 2.43. The molecule has 1 aromatic carbocycles. The average molecular weight is 284 g/mol. The van der Waals surface area contributed by atoms with Gasteiger partial charge in [-0.3, -0.25) is 0 Å². The number of carboxylic acid groups (broad SMARTS) is 1. The molecule has 0 bridgehead atoms. The molecule has 0 saturated carbocycles. The largest absolute Gasteiger partial charge is 0.479 e. The first-order valence-corrected chi connectivity index (χ1v) is 6.12. The van der Waals surface area contributed by atoms with Crippen molar-refractivity contribution in [1.82, 2.24) is 10.6 Å². The van der Waals surface area contributed by atoms with E-state index in [1.807, 2.05) is 0 Å². The van der Waals surface area contributed by atoms with Crippen LogP contribution < -0.4 is 10.6 Å². The van der Waals surface area contributed by atoms with Crippen LogP contribution in [0.1, 0.15) is 18.9 Å². The number of carboxylic acids is 1. The lowest BCUT2D eigenvalue weighted by atomic mass is 9.87. The zero-order valence-corrected chi connectivity index (χ0v) is 11.0. The van der Waals surface area contributed by atoms with Crippen molar-refractivity contribution in [2.45, 2.75) is 18.9 Å². The van der Waals surface area contributed by atoms with Gasteiger partial charge in [0.15, 0.2) is 5.54 Å². The number of urea groups is 1. The standard InChI is InChI=1S/C13H17FN2O4/c1-2-13(11(18)19,16-12(20)15-7-8-17)9-3-5-10(14)6-4-9/h3-6,17H,2,7-8H2,1H3,(H,18,19)(H2,15,16,20)/t13-/m0/s1. The molecule has 1 atom stereocenters. The second-order valence-corrected chi connectivity index (χ2v) is 4.18. The van der Waals surface area contributed by atoms with Crippen molar-refractivity contribution < 1.29 is 24.2 Å². The van der Waals surface area contributed by atoms with Gasteiger partial charge in [-0.25, -0.2) is 14.0 Å². The lowest BCUT2D eigenvalue weighted by molar-refractivity contribution is -0.145. The van der Waals surface area contributed by atoms with Gasteiger partial charge in [-0.15, -0.1) is 0 Å². The first-order chi connectivity index (χ1) is 9.46. The molecule has 110 valence electrons. The van der Waals surface area contributed by atoms with Crippen LogP contribution >= 0.6 is 0 Å². The van der Waals surface area contributed by atoms with E-state index in [0.717, 1.165) is 12.1 Å². The minimum Gasteiger partial charge on any atom is -0.479 e. The van der Waals surface area contributed by atoms with Crippen molar-refractivity contribution in [3.63, 3.8) is 0 Å². The zero-order chi connectivity index (χ0) is 15.2. The molecule has 2 amide bonds. The van der Waals surface area contributed by atoms with Crippen molar-refractivity contribution in [1.29, 1.82) is 0 Å². The third-order valence-corrected chi connectivity index (χ3v) is 2.96. The van der Waals surface area contributed by atoms with Crippen molar-refractivity contribution in [3.05, 3.63) is 35.6 Å². The number of aliphatic carboxylic acids is 1. The predicted octanol–water partition coefficient (Wildman–Crippen LogP) is 0.807. The fourth-order valence-corrected chi connectivity index (χ4v) is 1.83. The summed E-state index contributed by atoms with van der Waals surface area (Å²) in [6, 6.07) is 4.19. The van der Waals surface area contributed by atoms with Gasteiger partial charge in [0.1, 0.15) is 5.82 Å². The summed E-state index contributed by atoms with van der Waals surface area (Å²) in [7, 11) is 0. The van der Waals surface area contributed by atoms with Crippen LogP contribution in [0.2, 0.25) is 0 Å². The highest BCUT2D eigenvalue weighted by atomic mass is 19.1. The first-order valence-electron chi connectivity index (χ1n) is 6.12. The Labute approximate surface area is 115 Å². The van der Waals surface area contributed by atoms with E-state index >= 15 is 0 Å². The Morgan fingerprint density at radius 1 is 1.30 bits per heavy atom. The van der Waals surface area contributed by atoms with Crippen LogP contribution in [-0.2, 0) is 10.3 Å². The molecule has 20 heavy (non-hydrogen) atoms. The molecule has 0 saturated heterocycles. The molecule has 1 aromatic rings. The number of nitrogens with one attached hydrogen (secondary N) is 2. The lowest BCUT2D eigenvalue weighted by Crippen LogP contribution is -2.54. The van der Waals surface area contributed by atoms with Crippen LogP contribution in [0.4, 0.5) is 9.18 Å². The van der Waals surface area contributed by atoms with E-state index in [2.05, 4.69) is 10.6 Å². The van der Waals surface area contributed by atoms with Gasteiger partial charge in [-0.2, -0.15) is 0 Å². The van der Waals surface area contributed by atoms with E-state index < -0.39 is 23.4 Å². The van der Waals surface area contributed by atoms with E-state index in [-0.39, 0.29) is 25.1 Å². The SMILES string of the molecule is CC[C@@](NC(=O)NCCO)(C(=O)O)c1ccc(F)cc1. The molecule has 0 unspecified atom stereocenters. The maximum absolute atomic E-state index is 12.9. The molecule has 0 spiro atoms. The Morgan fingerprint density at radius 3 is 2.35 bits per heavy atom. The molecule has 4 N–H and O–H groups in total. The number of aliphatic hydroxyl groups is 1. The maximum Gasteiger partial charge on any atom is 0.334 e. The van der Waals surface area contributed by atoms with E-state index in [1.54, 1.807) is 6.92 Å². The Bertz CT molecular complexity index is 478. The predicted molar refractivity (Wildman–Crippen MR) is 69.6 cm³/mol. The quantitative estimate of drug-likeness (QED) is 0.621. The number of aliphatic hydroxyl groups excluding tert-OH is 1. The molecule has 1 rings (SSSR count). The van der Waals surface area contributed by atoms with Gasteiger partial charge in [0.05, 0.1) is 6.61 Å². The van der Waals surface area contributed by atoms with E-state index in [9.17, 15) is 19.1 Å². The number of hydrogen-bond donors (Lipinski definition) is 4. The molecule has 0 aliphatic carbocycles. The fourth-order valence-electron chi connectivity index (χ4n) is 1.83. The summed E-state index contributed by atoms with van der Waals surface area (Å²) in [4.78, 5) is 23.2. The first kappa shape index (κ1) is 15.9. The highest BCUT2D eigenvalue weighted by Crippen LogP contribution is 2.25. The third-order valence-electron chi connectivity index (χ3n) is 2.96. The van der Waals surface area contributed by atoms with Crippen molar-refractivity contribution in [2.75, 3.05) is 13.2 Å². The van der Waals surface area contributed by atoms with Gasteiger partial charge in [0, 0.05) is 6.54 Å². The van der Waals surface area contributed by atoms with Crippen LogP contribution in [0.5, 0.6) is 0 Å². The lowest BCUT2D eigenvalue weighted by Gasteiger charge is -2.30. The Morgan fingerprint density at radius 2 is 1.90 bits per heavy atom. The summed E-state index contributed by atoms with van der Waals surface area (Å²) < 4.78 is 12.9. The molecule has 0 radical (unpaired) electrons. The number of rotatable bonds is 6. The van der Waals surface area contributed by atoms with Crippen LogP contribution in [0.15, 0.2) is 24.3 Å². The Kier molecular flexibility index (Phi) is 5.45. The second kappa shape index (κ2) is 6.85. The number of carbonyl (C=O) groups is 2. The maximum atomic E-state index is 12.9. The smallest absolute Gasteiger partial charge is 0.334 e. The molecular weight excluding hydrogens is 267 g/mol. The fraction of sp³-hybridized carbons (Fsp3) is 0.385. The van der Waals surface area contributed by atoms with Crippen molar-refractivity contribution >= 4 is 12.0 Å². The summed E-state index contributed by atoms with van der Waals surface area (Å²) in [6.07, 6.45) is 0.0838. The second-order valence-electron chi connectivity index (χ2n) is 4.18. The van der Waals surface area contributed by atoms with Gasteiger partial charge in [0.25, 0.3) is 0 Å². The number of amides is 2. The van der Waals surface area contributed by atoms with Crippen molar-refractivity contribution in [3.8, 4) is 0 Å². The topological polar surface area (TPSA) is 98.7 Å². The monoisotopic (exact) mass is 284 g/mol. The zero-order valence-electron chi connectivity index (χ0n) is 11.0. The summed E-state index contributed by atoms with van der Waals surface area (Å²) >= 11 is 0. The van der Waals surface area contributed by atoms with Crippen LogP contribution in [0.25, 0.3) is 0 Å². The summed E-state index contributed by atoms with van der Waals surface area (Å²) in [5, 5.41) is 22.7. The van der Waals surface area contributed by atoms with Crippen LogP contribution in [0, 0.1) is 5.82 Å². The third kappa shape index (κ3) is 3.45. The highest BCUT2D eigenvalue weighted by Gasteiger charge is 2.40. The molecule has 0 aliphatic heterocycles.